The number of imide groups is 1. The Hall–Kier alpha value is -3.75. The summed E-state index contributed by atoms with van der Waals surface area (Å²) in [5.74, 6) is -1.15. The van der Waals surface area contributed by atoms with E-state index in [2.05, 4.69) is 0 Å². The van der Waals surface area contributed by atoms with Gasteiger partial charge in [-0.05, 0) is 44.4 Å². The van der Waals surface area contributed by atoms with Crippen LogP contribution < -0.4 is 0 Å². The highest BCUT2D eigenvalue weighted by Crippen LogP contribution is 2.34. The van der Waals surface area contributed by atoms with Crippen LogP contribution in [0, 0.1) is 10.1 Å². The first-order valence-electron chi connectivity index (χ1n) is 10.3. The maximum atomic E-state index is 13.0. The molecule has 0 fully saturated rings. The topological polar surface area (TPSA) is 110 Å². The first-order valence-corrected chi connectivity index (χ1v) is 10.3. The van der Waals surface area contributed by atoms with Crippen molar-refractivity contribution in [3.05, 3.63) is 74.8 Å². The minimum atomic E-state index is -0.701. The van der Waals surface area contributed by atoms with Gasteiger partial charge in [-0.2, -0.15) is 0 Å². The van der Waals surface area contributed by atoms with Crippen molar-refractivity contribution in [3.8, 4) is 0 Å². The van der Waals surface area contributed by atoms with Crippen molar-refractivity contribution in [2.75, 3.05) is 13.1 Å². The summed E-state index contributed by atoms with van der Waals surface area (Å²) in [4.78, 5) is 52.0. The monoisotopic (exact) mass is 437 g/mol. The Labute approximate surface area is 184 Å². The SMILES string of the molecule is CC(C)(C)OC(=O)N1CCc2ccccc2C1CN1C(=O)c2ccc([N+](=O)[O-])cc2C1=O. The predicted molar refractivity (Wildman–Crippen MR) is 114 cm³/mol. The number of rotatable bonds is 3. The zero-order valence-corrected chi connectivity index (χ0v) is 18.0. The maximum Gasteiger partial charge on any atom is 0.410 e. The van der Waals surface area contributed by atoms with Crippen LogP contribution in [0.3, 0.4) is 0 Å². The molecule has 0 bridgehead atoms. The van der Waals surface area contributed by atoms with Crippen LogP contribution in [0.1, 0.15) is 58.7 Å². The summed E-state index contributed by atoms with van der Waals surface area (Å²) in [5, 5.41) is 11.1. The third-order valence-corrected chi connectivity index (χ3v) is 5.56. The maximum absolute atomic E-state index is 13.0. The van der Waals surface area contributed by atoms with Crippen LogP contribution in [0.4, 0.5) is 10.5 Å². The molecule has 0 aliphatic carbocycles. The third-order valence-electron chi connectivity index (χ3n) is 5.56. The molecule has 0 N–H and O–H groups in total. The highest BCUT2D eigenvalue weighted by molar-refractivity contribution is 6.21. The Balaban J connectivity index is 1.68. The van der Waals surface area contributed by atoms with E-state index in [0.717, 1.165) is 22.1 Å². The van der Waals surface area contributed by atoms with Crippen molar-refractivity contribution in [2.24, 2.45) is 0 Å². The van der Waals surface area contributed by atoms with Gasteiger partial charge >= 0.3 is 6.09 Å². The van der Waals surface area contributed by atoms with Crippen LogP contribution in [0.15, 0.2) is 42.5 Å². The minimum Gasteiger partial charge on any atom is -0.444 e. The molecule has 3 amide bonds. The molecule has 9 heteroatoms. The van der Waals surface area contributed by atoms with Gasteiger partial charge in [-0.15, -0.1) is 0 Å². The summed E-state index contributed by atoms with van der Waals surface area (Å²) >= 11 is 0. The molecule has 1 unspecified atom stereocenters. The molecule has 0 saturated heterocycles. The van der Waals surface area contributed by atoms with Crippen LogP contribution in [-0.2, 0) is 11.2 Å². The number of ether oxygens (including phenoxy) is 1. The van der Waals surface area contributed by atoms with Gasteiger partial charge in [0.05, 0.1) is 28.6 Å². The van der Waals surface area contributed by atoms with Gasteiger partial charge in [0, 0.05) is 18.7 Å². The summed E-state index contributed by atoms with van der Waals surface area (Å²) in [7, 11) is 0. The van der Waals surface area contributed by atoms with E-state index in [1.165, 1.54) is 12.1 Å². The largest absolute Gasteiger partial charge is 0.444 e. The van der Waals surface area contributed by atoms with E-state index in [1.54, 1.807) is 25.7 Å². The molecule has 2 aromatic rings. The molecular formula is C23H23N3O6. The Bertz CT molecular complexity index is 1140. The average Bonchev–Trinajstić information content (AvgIpc) is 2.97. The summed E-state index contributed by atoms with van der Waals surface area (Å²) in [5.41, 5.74) is 1.03. The number of carbonyl (C=O) groups excluding carboxylic acids is 3. The summed E-state index contributed by atoms with van der Waals surface area (Å²) in [6.45, 7) is 5.63. The molecule has 0 saturated carbocycles. The first-order chi connectivity index (χ1) is 15.1. The lowest BCUT2D eigenvalue weighted by Crippen LogP contribution is -2.48. The molecule has 0 radical (unpaired) electrons. The molecule has 0 spiro atoms. The van der Waals surface area contributed by atoms with Crippen LogP contribution in [0.5, 0.6) is 0 Å². The second-order valence-corrected chi connectivity index (χ2v) is 8.85. The Morgan fingerprint density at radius 2 is 1.81 bits per heavy atom. The summed E-state index contributed by atoms with van der Waals surface area (Å²) < 4.78 is 5.57. The Morgan fingerprint density at radius 1 is 1.12 bits per heavy atom. The summed E-state index contributed by atoms with van der Waals surface area (Å²) in [6.07, 6.45) is 0.101. The van der Waals surface area contributed by atoms with Gasteiger partial charge in [-0.25, -0.2) is 4.79 Å². The van der Waals surface area contributed by atoms with Gasteiger partial charge in [-0.3, -0.25) is 29.5 Å². The molecule has 2 aliphatic rings. The fourth-order valence-corrected chi connectivity index (χ4v) is 4.12. The quantitative estimate of drug-likeness (QED) is 0.411. The normalized spacial score (nSPS) is 17.8. The number of benzene rings is 2. The first kappa shape index (κ1) is 21.5. The minimum absolute atomic E-state index is 0.00267. The van der Waals surface area contributed by atoms with Gasteiger partial charge in [0.2, 0.25) is 0 Å². The molecule has 2 aromatic carbocycles. The van der Waals surface area contributed by atoms with Crippen LogP contribution in [-0.4, -0.2) is 51.3 Å². The molecular weight excluding hydrogens is 414 g/mol. The van der Waals surface area contributed by atoms with E-state index in [9.17, 15) is 24.5 Å². The number of hydrogen-bond donors (Lipinski definition) is 0. The molecule has 0 aromatic heterocycles. The lowest BCUT2D eigenvalue weighted by molar-refractivity contribution is -0.384. The molecule has 2 aliphatic heterocycles. The van der Waals surface area contributed by atoms with Gasteiger partial charge in [0.25, 0.3) is 17.5 Å². The van der Waals surface area contributed by atoms with E-state index in [-0.39, 0.29) is 23.4 Å². The number of fused-ring (bicyclic) bond motifs is 2. The Kier molecular flexibility index (Phi) is 5.20. The second kappa shape index (κ2) is 7.74. The fourth-order valence-electron chi connectivity index (χ4n) is 4.12. The number of amides is 3. The van der Waals surface area contributed by atoms with Crippen LogP contribution >= 0.6 is 0 Å². The van der Waals surface area contributed by atoms with E-state index >= 15 is 0 Å². The van der Waals surface area contributed by atoms with Crippen LogP contribution in [0.2, 0.25) is 0 Å². The fraction of sp³-hybridized carbons (Fsp3) is 0.348. The molecule has 4 rings (SSSR count). The van der Waals surface area contributed by atoms with Crippen LogP contribution in [0.25, 0.3) is 0 Å². The van der Waals surface area contributed by atoms with Crippen molar-refractivity contribution in [1.29, 1.82) is 0 Å². The highest BCUT2D eigenvalue weighted by Gasteiger charge is 2.42. The zero-order chi connectivity index (χ0) is 23.2. The van der Waals surface area contributed by atoms with E-state index in [4.69, 9.17) is 4.74 Å². The highest BCUT2D eigenvalue weighted by atomic mass is 16.6. The standard InChI is InChI=1S/C23H23N3O6/c1-23(2,3)32-22(29)24-11-10-14-6-4-5-7-16(14)19(24)13-25-20(27)17-9-8-15(26(30)31)12-18(17)21(25)28/h4-9,12,19H,10-11,13H2,1-3H3. The van der Waals surface area contributed by atoms with Crippen molar-refractivity contribution < 1.29 is 24.0 Å². The smallest absolute Gasteiger partial charge is 0.410 e. The number of nitro benzene ring substituents is 1. The molecule has 9 nitrogen and oxygen atoms in total. The van der Waals surface area contributed by atoms with Gasteiger partial charge < -0.3 is 4.74 Å². The summed E-state index contributed by atoms with van der Waals surface area (Å²) in [6, 6.07) is 10.6. The number of carbonyl (C=O) groups is 3. The van der Waals surface area contributed by atoms with Crippen molar-refractivity contribution >= 4 is 23.6 Å². The number of nitro groups is 1. The zero-order valence-electron chi connectivity index (χ0n) is 18.0. The third kappa shape index (κ3) is 3.81. The van der Waals surface area contributed by atoms with Gasteiger partial charge in [-0.1, -0.05) is 24.3 Å². The molecule has 32 heavy (non-hydrogen) atoms. The van der Waals surface area contributed by atoms with Gasteiger partial charge in [0.15, 0.2) is 0 Å². The van der Waals surface area contributed by atoms with Crippen molar-refractivity contribution in [2.45, 2.75) is 38.8 Å². The van der Waals surface area contributed by atoms with E-state index < -0.39 is 34.5 Å². The van der Waals surface area contributed by atoms with Crippen molar-refractivity contribution in [3.63, 3.8) is 0 Å². The Morgan fingerprint density at radius 3 is 2.50 bits per heavy atom. The van der Waals surface area contributed by atoms with Gasteiger partial charge in [0.1, 0.15) is 5.60 Å². The molecule has 1 atom stereocenters. The number of hydrogen-bond acceptors (Lipinski definition) is 6. The lowest BCUT2D eigenvalue weighted by atomic mass is 9.92. The number of non-ortho nitro benzene ring substituents is 1. The predicted octanol–water partition coefficient (Wildman–Crippen LogP) is 3.73. The van der Waals surface area contributed by atoms with E-state index in [1.807, 2.05) is 24.3 Å². The average molecular weight is 437 g/mol. The molecule has 2 heterocycles. The lowest BCUT2D eigenvalue weighted by Gasteiger charge is -2.39. The van der Waals surface area contributed by atoms with Crippen molar-refractivity contribution in [1.82, 2.24) is 9.80 Å². The molecule has 166 valence electrons. The van der Waals surface area contributed by atoms with E-state index in [0.29, 0.717) is 13.0 Å². The number of nitrogens with zero attached hydrogens (tertiary/aromatic N) is 3. The second-order valence-electron chi connectivity index (χ2n) is 8.85.